The number of rotatable bonds is 5. The summed E-state index contributed by atoms with van der Waals surface area (Å²) >= 11 is 1.43. The van der Waals surface area contributed by atoms with E-state index in [9.17, 15) is 18.0 Å². The Morgan fingerprint density at radius 2 is 1.83 bits per heavy atom. The molecule has 122 valence electrons. The molecule has 0 aromatic heterocycles. The van der Waals surface area contributed by atoms with Gasteiger partial charge in [-0.25, -0.2) is 0 Å². The van der Waals surface area contributed by atoms with Crippen molar-refractivity contribution in [2.24, 2.45) is 0 Å². The van der Waals surface area contributed by atoms with Crippen LogP contribution in [0.2, 0.25) is 0 Å². The first-order valence-electron chi connectivity index (χ1n) is 7.00. The molecule has 0 spiro atoms. The second-order valence-corrected chi connectivity index (χ2v) is 6.34. The first-order valence-corrected chi connectivity index (χ1v) is 8.05. The Kier molecular flexibility index (Phi) is 5.71. The molecule has 2 nitrogen and oxygen atoms in total. The molecule has 23 heavy (non-hydrogen) atoms. The van der Waals surface area contributed by atoms with Gasteiger partial charge >= 0.3 is 6.18 Å². The predicted molar refractivity (Wildman–Crippen MR) is 87.3 cm³/mol. The van der Waals surface area contributed by atoms with Gasteiger partial charge in [0.25, 0.3) is 0 Å². The van der Waals surface area contributed by atoms with Crippen molar-refractivity contribution < 1.29 is 18.0 Å². The molecule has 0 aliphatic carbocycles. The van der Waals surface area contributed by atoms with Gasteiger partial charge in [-0.15, -0.1) is 11.8 Å². The summed E-state index contributed by atoms with van der Waals surface area (Å²) in [6.45, 7) is 1.73. The molecule has 0 radical (unpaired) electrons. The van der Waals surface area contributed by atoms with E-state index >= 15 is 0 Å². The number of benzene rings is 2. The SMILES string of the molecule is C[C@@H](SCc1ccccc1)C(=O)Nc1cccc(C(F)(F)F)c1. The van der Waals surface area contributed by atoms with Crippen molar-refractivity contribution in [3.8, 4) is 0 Å². The van der Waals surface area contributed by atoms with Gasteiger partial charge in [-0.05, 0) is 30.7 Å². The minimum absolute atomic E-state index is 0.150. The maximum absolute atomic E-state index is 12.7. The zero-order valence-corrected chi connectivity index (χ0v) is 13.2. The van der Waals surface area contributed by atoms with Crippen LogP contribution in [0, 0.1) is 0 Å². The summed E-state index contributed by atoms with van der Waals surface area (Å²) in [5, 5.41) is 2.16. The van der Waals surface area contributed by atoms with Gasteiger partial charge in [-0.1, -0.05) is 36.4 Å². The van der Waals surface area contributed by atoms with Gasteiger partial charge in [0, 0.05) is 11.4 Å². The zero-order chi connectivity index (χ0) is 16.9. The third-order valence-electron chi connectivity index (χ3n) is 3.17. The summed E-state index contributed by atoms with van der Waals surface area (Å²) in [6.07, 6.45) is -4.42. The highest BCUT2D eigenvalue weighted by Gasteiger charge is 2.30. The largest absolute Gasteiger partial charge is 0.416 e. The van der Waals surface area contributed by atoms with Gasteiger partial charge in [0.2, 0.25) is 5.91 Å². The van der Waals surface area contributed by atoms with Crippen molar-refractivity contribution >= 4 is 23.4 Å². The lowest BCUT2D eigenvalue weighted by molar-refractivity contribution is -0.137. The van der Waals surface area contributed by atoms with Crippen molar-refractivity contribution in [2.45, 2.75) is 24.1 Å². The molecule has 0 aliphatic rings. The highest BCUT2D eigenvalue weighted by Crippen LogP contribution is 2.30. The molecule has 1 amide bonds. The molecular formula is C17H16F3NOS. The number of amides is 1. The van der Waals surface area contributed by atoms with E-state index in [2.05, 4.69) is 5.32 Å². The van der Waals surface area contributed by atoms with Gasteiger partial charge in [0.1, 0.15) is 0 Å². The van der Waals surface area contributed by atoms with Gasteiger partial charge in [-0.2, -0.15) is 13.2 Å². The van der Waals surface area contributed by atoms with Crippen molar-refractivity contribution in [2.75, 3.05) is 5.32 Å². The normalized spacial score (nSPS) is 12.7. The van der Waals surface area contributed by atoms with Crippen molar-refractivity contribution in [3.63, 3.8) is 0 Å². The summed E-state index contributed by atoms with van der Waals surface area (Å²) in [5.41, 5.74) is 0.466. The first-order chi connectivity index (χ1) is 10.9. The predicted octanol–water partition coefficient (Wildman–Crippen LogP) is 4.97. The van der Waals surface area contributed by atoms with Crippen molar-refractivity contribution in [1.29, 1.82) is 0 Å². The van der Waals surface area contributed by atoms with Crippen molar-refractivity contribution in [3.05, 3.63) is 65.7 Å². The van der Waals surface area contributed by atoms with E-state index in [-0.39, 0.29) is 16.8 Å². The number of hydrogen-bond donors (Lipinski definition) is 1. The fourth-order valence-electron chi connectivity index (χ4n) is 1.89. The average molecular weight is 339 g/mol. The summed E-state index contributed by atoms with van der Waals surface area (Å²) < 4.78 is 38.0. The van der Waals surface area contributed by atoms with Gasteiger partial charge in [0.15, 0.2) is 0 Å². The highest BCUT2D eigenvalue weighted by molar-refractivity contribution is 7.99. The molecule has 0 bridgehead atoms. The lowest BCUT2D eigenvalue weighted by Crippen LogP contribution is -2.22. The minimum atomic E-state index is -4.42. The molecule has 1 atom stereocenters. The number of anilines is 1. The topological polar surface area (TPSA) is 29.1 Å². The van der Waals surface area contributed by atoms with Gasteiger partial charge in [0.05, 0.1) is 10.8 Å². The van der Waals surface area contributed by atoms with Crippen LogP contribution in [0.1, 0.15) is 18.1 Å². The Morgan fingerprint density at radius 3 is 2.48 bits per heavy atom. The van der Waals surface area contributed by atoms with Crippen molar-refractivity contribution in [1.82, 2.24) is 0 Å². The number of carbonyl (C=O) groups excluding carboxylic acids is 1. The van der Waals surface area contributed by atoms with E-state index in [0.29, 0.717) is 5.75 Å². The Labute approximate surface area is 137 Å². The molecule has 0 saturated carbocycles. The Morgan fingerprint density at radius 1 is 1.13 bits per heavy atom. The molecule has 0 fully saturated rings. The number of hydrogen-bond acceptors (Lipinski definition) is 2. The summed E-state index contributed by atoms with van der Waals surface area (Å²) in [5.74, 6) is 0.350. The van der Waals surface area contributed by atoms with E-state index < -0.39 is 11.7 Å². The maximum atomic E-state index is 12.7. The fraction of sp³-hybridized carbons (Fsp3) is 0.235. The van der Waals surface area contributed by atoms with Crippen LogP contribution in [0.15, 0.2) is 54.6 Å². The monoisotopic (exact) mass is 339 g/mol. The average Bonchev–Trinajstić information content (AvgIpc) is 2.53. The molecule has 2 aromatic rings. The maximum Gasteiger partial charge on any atom is 0.416 e. The summed E-state index contributed by atoms with van der Waals surface area (Å²) in [4.78, 5) is 12.1. The minimum Gasteiger partial charge on any atom is -0.325 e. The number of halogens is 3. The fourth-order valence-corrected chi connectivity index (χ4v) is 2.73. The standard InChI is InChI=1S/C17H16F3NOS/c1-12(23-11-13-6-3-2-4-7-13)16(22)21-15-9-5-8-14(10-15)17(18,19)20/h2-10,12H,11H2,1H3,(H,21,22)/t12-/m1/s1. The van der Waals surface area contributed by atoms with Gasteiger partial charge < -0.3 is 5.32 Å². The number of thioether (sulfide) groups is 1. The van der Waals surface area contributed by atoms with E-state index in [4.69, 9.17) is 0 Å². The van der Waals surface area contributed by atoms with Crippen LogP contribution in [0.5, 0.6) is 0 Å². The van der Waals surface area contributed by atoms with Crippen LogP contribution in [-0.4, -0.2) is 11.2 Å². The molecule has 0 unspecified atom stereocenters. The molecule has 0 heterocycles. The second-order valence-electron chi connectivity index (χ2n) is 5.01. The first kappa shape index (κ1) is 17.4. The van der Waals surface area contributed by atoms with E-state index in [1.807, 2.05) is 30.3 Å². The molecular weight excluding hydrogens is 323 g/mol. The third-order valence-corrected chi connectivity index (χ3v) is 4.38. The zero-order valence-electron chi connectivity index (χ0n) is 12.4. The Bertz CT molecular complexity index is 658. The summed E-state index contributed by atoms with van der Waals surface area (Å²) in [7, 11) is 0. The molecule has 0 saturated heterocycles. The van der Waals surface area contributed by atoms with Crippen LogP contribution in [0.4, 0.5) is 18.9 Å². The number of carbonyl (C=O) groups is 1. The number of nitrogens with one attached hydrogen (secondary N) is 1. The number of alkyl halides is 3. The molecule has 0 aliphatic heterocycles. The van der Waals surface area contributed by atoms with E-state index in [1.165, 1.54) is 23.9 Å². The highest BCUT2D eigenvalue weighted by atomic mass is 32.2. The van der Waals surface area contributed by atoms with E-state index in [0.717, 1.165) is 17.7 Å². The molecule has 1 N–H and O–H groups in total. The lowest BCUT2D eigenvalue weighted by Gasteiger charge is -2.13. The lowest BCUT2D eigenvalue weighted by atomic mass is 10.2. The van der Waals surface area contributed by atoms with Gasteiger partial charge in [-0.3, -0.25) is 4.79 Å². The molecule has 6 heteroatoms. The van der Waals surface area contributed by atoms with Crippen LogP contribution in [-0.2, 0) is 16.7 Å². The van der Waals surface area contributed by atoms with Crippen LogP contribution in [0.25, 0.3) is 0 Å². The Balaban J connectivity index is 1.93. The van der Waals surface area contributed by atoms with E-state index in [1.54, 1.807) is 6.92 Å². The molecule has 2 rings (SSSR count). The smallest absolute Gasteiger partial charge is 0.325 e. The second kappa shape index (κ2) is 7.55. The van der Waals surface area contributed by atoms with Crippen LogP contribution < -0.4 is 5.32 Å². The third kappa shape index (κ3) is 5.32. The Hall–Kier alpha value is -1.95. The van der Waals surface area contributed by atoms with Crippen LogP contribution >= 0.6 is 11.8 Å². The van der Waals surface area contributed by atoms with Crippen LogP contribution in [0.3, 0.4) is 0 Å². The summed E-state index contributed by atoms with van der Waals surface area (Å²) in [6, 6.07) is 14.3. The quantitative estimate of drug-likeness (QED) is 0.834. The molecule has 2 aromatic carbocycles.